The van der Waals surface area contributed by atoms with Crippen molar-refractivity contribution in [3.63, 3.8) is 0 Å². The molecule has 2 aromatic rings. The minimum atomic E-state index is -0.0571. The van der Waals surface area contributed by atoms with Crippen molar-refractivity contribution in [2.24, 2.45) is 0 Å². The van der Waals surface area contributed by atoms with Crippen molar-refractivity contribution in [1.82, 2.24) is 4.90 Å². The summed E-state index contributed by atoms with van der Waals surface area (Å²) in [7, 11) is 0. The Bertz CT molecular complexity index is 566. The van der Waals surface area contributed by atoms with Crippen molar-refractivity contribution in [1.29, 1.82) is 0 Å². The zero-order valence-electron chi connectivity index (χ0n) is 10.9. The summed E-state index contributed by atoms with van der Waals surface area (Å²) in [6.07, 6.45) is 0. The molecule has 2 aromatic carbocycles. The van der Waals surface area contributed by atoms with Crippen LogP contribution in [0.1, 0.15) is 6.92 Å². The molecule has 0 saturated heterocycles. The summed E-state index contributed by atoms with van der Waals surface area (Å²) in [6.45, 7) is 3.38. The molecule has 2 amide bonds. The number of halogens is 1. The van der Waals surface area contributed by atoms with Gasteiger partial charge in [0.25, 0.3) is 0 Å². The first-order valence-corrected chi connectivity index (χ1v) is 7.48. The number of nitrogens with zero attached hydrogens (tertiary/aromatic N) is 1. The number of carbonyl (C=O) groups is 1. The number of hydrogen-bond donors (Lipinski definition) is 1. The zero-order chi connectivity index (χ0) is 13.7. The Balaban J connectivity index is 2.23. The van der Waals surface area contributed by atoms with E-state index in [9.17, 15) is 4.79 Å². The summed E-state index contributed by atoms with van der Waals surface area (Å²) < 4.78 is 0. The number of rotatable bonds is 4. The first-order chi connectivity index (χ1) is 9.26. The number of hydrogen-bond acceptors (Lipinski definition) is 1. The van der Waals surface area contributed by atoms with Gasteiger partial charge in [0, 0.05) is 23.8 Å². The highest BCUT2D eigenvalue weighted by molar-refractivity contribution is 9.09. The predicted molar refractivity (Wildman–Crippen MR) is 84.0 cm³/mol. The zero-order valence-corrected chi connectivity index (χ0v) is 12.5. The Morgan fingerprint density at radius 2 is 1.95 bits per heavy atom. The lowest BCUT2D eigenvalue weighted by Gasteiger charge is -2.20. The number of nitrogens with one attached hydrogen (secondary N) is 1. The quantitative estimate of drug-likeness (QED) is 0.845. The second kappa shape index (κ2) is 6.57. The highest BCUT2D eigenvalue weighted by atomic mass is 79.9. The number of benzene rings is 2. The summed E-state index contributed by atoms with van der Waals surface area (Å²) in [6, 6.07) is 13.9. The molecule has 0 radical (unpaired) electrons. The van der Waals surface area contributed by atoms with Gasteiger partial charge >= 0.3 is 6.03 Å². The van der Waals surface area contributed by atoms with Gasteiger partial charge in [0.05, 0.1) is 5.69 Å². The second-order valence-electron chi connectivity index (χ2n) is 4.23. The summed E-state index contributed by atoms with van der Waals surface area (Å²) in [5.41, 5.74) is 0.858. The van der Waals surface area contributed by atoms with Crippen LogP contribution in [0.5, 0.6) is 0 Å². The molecule has 3 nitrogen and oxygen atoms in total. The maximum absolute atomic E-state index is 12.2. The standard InChI is InChI=1S/C15H17BrN2O/c1-2-18(11-10-16)15(19)17-14-9-5-7-12-6-3-4-8-13(12)14/h3-9H,2,10-11H2,1H3,(H,17,19). The number of urea groups is 1. The van der Waals surface area contributed by atoms with E-state index in [1.165, 1.54) is 0 Å². The molecular formula is C15H17BrN2O. The molecule has 2 rings (SSSR count). The molecule has 0 atom stereocenters. The molecule has 0 aliphatic rings. The highest BCUT2D eigenvalue weighted by Crippen LogP contribution is 2.23. The first kappa shape index (κ1) is 13.9. The van der Waals surface area contributed by atoms with Gasteiger partial charge < -0.3 is 10.2 Å². The maximum atomic E-state index is 12.2. The number of fused-ring (bicyclic) bond motifs is 1. The molecule has 0 aliphatic carbocycles. The molecular weight excluding hydrogens is 304 g/mol. The van der Waals surface area contributed by atoms with Crippen LogP contribution >= 0.6 is 15.9 Å². The van der Waals surface area contributed by atoms with Crippen LogP contribution in [0.2, 0.25) is 0 Å². The number of alkyl halides is 1. The minimum absolute atomic E-state index is 0.0571. The van der Waals surface area contributed by atoms with Gasteiger partial charge in [-0.15, -0.1) is 0 Å². The largest absolute Gasteiger partial charge is 0.324 e. The molecule has 0 saturated carbocycles. The summed E-state index contributed by atoms with van der Waals surface area (Å²) >= 11 is 3.36. The van der Waals surface area contributed by atoms with Crippen molar-refractivity contribution >= 4 is 38.4 Å². The average molecular weight is 321 g/mol. The van der Waals surface area contributed by atoms with Crippen LogP contribution in [0, 0.1) is 0 Å². The van der Waals surface area contributed by atoms with Crippen LogP contribution in [-0.4, -0.2) is 29.4 Å². The van der Waals surface area contributed by atoms with E-state index in [1.807, 2.05) is 49.4 Å². The number of amides is 2. The third-order valence-corrected chi connectivity index (χ3v) is 3.41. The van der Waals surface area contributed by atoms with Gasteiger partial charge in [-0.25, -0.2) is 4.79 Å². The van der Waals surface area contributed by atoms with E-state index in [0.717, 1.165) is 21.8 Å². The van der Waals surface area contributed by atoms with E-state index in [0.29, 0.717) is 13.1 Å². The summed E-state index contributed by atoms with van der Waals surface area (Å²) in [4.78, 5) is 13.9. The van der Waals surface area contributed by atoms with Gasteiger partial charge in [-0.1, -0.05) is 52.3 Å². The molecule has 0 bridgehead atoms. The lowest BCUT2D eigenvalue weighted by atomic mass is 10.1. The Morgan fingerprint density at radius 3 is 2.68 bits per heavy atom. The van der Waals surface area contributed by atoms with Crippen molar-refractivity contribution < 1.29 is 4.79 Å². The van der Waals surface area contributed by atoms with Crippen molar-refractivity contribution in [3.05, 3.63) is 42.5 Å². The molecule has 0 aliphatic heterocycles. The fraction of sp³-hybridized carbons (Fsp3) is 0.267. The van der Waals surface area contributed by atoms with E-state index in [2.05, 4.69) is 21.2 Å². The number of anilines is 1. The van der Waals surface area contributed by atoms with E-state index in [1.54, 1.807) is 4.90 Å². The third-order valence-electron chi connectivity index (χ3n) is 3.05. The van der Waals surface area contributed by atoms with Crippen LogP contribution in [0.15, 0.2) is 42.5 Å². The van der Waals surface area contributed by atoms with Crippen molar-refractivity contribution in [2.75, 3.05) is 23.7 Å². The first-order valence-electron chi connectivity index (χ1n) is 6.36. The summed E-state index contributed by atoms with van der Waals surface area (Å²) in [5, 5.41) is 5.96. The Kier molecular flexibility index (Phi) is 4.80. The Hall–Kier alpha value is -1.55. The van der Waals surface area contributed by atoms with Crippen molar-refractivity contribution in [3.8, 4) is 0 Å². The predicted octanol–water partition coefficient (Wildman–Crippen LogP) is 4.09. The fourth-order valence-corrected chi connectivity index (χ4v) is 2.46. The van der Waals surface area contributed by atoms with Crippen LogP contribution < -0.4 is 5.32 Å². The average Bonchev–Trinajstić information content (AvgIpc) is 2.45. The van der Waals surface area contributed by atoms with Gasteiger partial charge in [-0.3, -0.25) is 0 Å². The van der Waals surface area contributed by atoms with Crippen LogP contribution in [-0.2, 0) is 0 Å². The van der Waals surface area contributed by atoms with Crippen LogP contribution in [0.4, 0.5) is 10.5 Å². The fourth-order valence-electron chi connectivity index (χ4n) is 2.03. The molecule has 0 heterocycles. The molecule has 0 fully saturated rings. The van der Waals surface area contributed by atoms with Gasteiger partial charge in [0.2, 0.25) is 0 Å². The molecule has 0 spiro atoms. The van der Waals surface area contributed by atoms with E-state index < -0.39 is 0 Å². The van der Waals surface area contributed by atoms with Crippen LogP contribution in [0.25, 0.3) is 10.8 Å². The SMILES string of the molecule is CCN(CCBr)C(=O)Nc1cccc2ccccc12. The maximum Gasteiger partial charge on any atom is 0.321 e. The second-order valence-corrected chi connectivity index (χ2v) is 5.02. The summed E-state index contributed by atoms with van der Waals surface area (Å²) in [5.74, 6) is 0. The Labute approximate surface area is 121 Å². The van der Waals surface area contributed by atoms with Gasteiger partial charge in [-0.2, -0.15) is 0 Å². The molecule has 0 aromatic heterocycles. The van der Waals surface area contributed by atoms with Gasteiger partial charge in [0.15, 0.2) is 0 Å². The van der Waals surface area contributed by atoms with Crippen LogP contribution in [0.3, 0.4) is 0 Å². The normalized spacial score (nSPS) is 10.4. The smallest absolute Gasteiger partial charge is 0.321 e. The van der Waals surface area contributed by atoms with E-state index in [4.69, 9.17) is 0 Å². The van der Waals surface area contributed by atoms with Gasteiger partial charge in [-0.05, 0) is 18.4 Å². The molecule has 19 heavy (non-hydrogen) atoms. The third kappa shape index (κ3) is 3.26. The van der Waals surface area contributed by atoms with Crippen molar-refractivity contribution in [2.45, 2.75) is 6.92 Å². The molecule has 4 heteroatoms. The van der Waals surface area contributed by atoms with Gasteiger partial charge in [0.1, 0.15) is 0 Å². The minimum Gasteiger partial charge on any atom is -0.324 e. The van der Waals surface area contributed by atoms with E-state index >= 15 is 0 Å². The molecule has 0 unspecified atom stereocenters. The molecule has 100 valence electrons. The topological polar surface area (TPSA) is 32.3 Å². The molecule has 1 N–H and O–H groups in total. The highest BCUT2D eigenvalue weighted by Gasteiger charge is 2.11. The number of carbonyl (C=O) groups excluding carboxylic acids is 1. The monoisotopic (exact) mass is 320 g/mol. The lowest BCUT2D eigenvalue weighted by Crippen LogP contribution is -2.36. The van der Waals surface area contributed by atoms with E-state index in [-0.39, 0.29) is 6.03 Å². The Morgan fingerprint density at radius 1 is 1.21 bits per heavy atom. The lowest BCUT2D eigenvalue weighted by molar-refractivity contribution is 0.218.